The van der Waals surface area contributed by atoms with Crippen molar-refractivity contribution in [2.45, 2.75) is 81.2 Å². The molecule has 0 spiro atoms. The molecule has 0 aliphatic heterocycles. The minimum absolute atomic E-state index is 0.244. The Morgan fingerprint density at radius 3 is 1.47 bits per heavy atom. The van der Waals surface area contributed by atoms with E-state index < -0.39 is 0 Å². The molecule has 19 heavy (non-hydrogen) atoms. The number of hydrogen-bond donors (Lipinski definition) is 2. The van der Waals surface area contributed by atoms with Gasteiger partial charge in [0.2, 0.25) is 0 Å². The van der Waals surface area contributed by atoms with Gasteiger partial charge in [-0.3, -0.25) is 4.79 Å². The third-order valence-electron chi connectivity index (χ3n) is 3.44. The summed E-state index contributed by atoms with van der Waals surface area (Å²) in [6.45, 7) is 23.2. The molecule has 0 bridgehead atoms. The molecule has 118 valence electrons. The van der Waals surface area contributed by atoms with Crippen LogP contribution in [0.4, 0.5) is 0 Å². The van der Waals surface area contributed by atoms with Crippen LogP contribution in [-0.2, 0) is 4.79 Å². The quantitative estimate of drug-likeness (QED) is 0.742. The molecule has 0 radical (unpaired) electrons. The van der Waals surface area contributed by atoms with Crippen LogP contribution < -0.4 is 5.32 Å². The highest BCUT2D eigenvalue weighted by Gasteiger charge is 2.32. The van der Waals surface area contributed by atoms with Gasteiger partial charge in [0.05, 0.1) is 0 Å². The SMILES string of the molecule is CC.CC(C)(C)NCCC(C)(C)C(C)(C)C.O=CO. The molecule has 0 rings (SSSR count). The number of hydrogen-bond acceptors (Lipinski definition) is 2. The summed E-state index contributed by atoms with van der Waals surface area (Å²) < 4.78 is 0. The van der Waals surface area contributed by atoms with Gasteiger partial charge in [-0.25, -0.2) is 0 Å². The van der Waals surface area contributed by atoms with Crippen LogP contribution in [0.3, 0.4) is 0 Å². The molecule has 0 amide bonds. The van der Waals surface area contributed by atoms with Gasteiger partial charge in [0.15, 0.2) is 0 Å². The van der Waals surface area contributed by atoms with Crippen molar-refractivity contribution in [2.75, 3.05) is 6.54 Å². The van der Waals surface area contributed by atoms with E-state index in [2.05, 4.69) is 60.7 Å². The van der Waals surface area contributed by atoms with E-state index in [9.17, 15) is 0 Å². The highest BCUT2D eigenvalue weighted by atomic mass is 16.3. The number of carboxylic acid groups (broad SMARTS) is 1. The first-order valence-electron chi connectivity index (χ1n) is 7.20. The van der Waals surface area contributed by atoms with Crippen LogP contribution >= 0.6 is 0 Å². The van der Waals surface area contributed by atoms with Crippen LogP contribution in [0.2, 0.25) is 0 Å². The Morgan fingerprint density at radius 2 is 1.26 bits per heavy atom. The molecule has 0 atom stereocenters. The number of rotatable bonds is 3. The first-order valence-corrected chi connectivity index (χ1v) is 7.20. The van der Waals surface area contributed by atoms with Crippen LogP contribution in [0.5, 0.6) is 0 Å². The van der Waals surface area contributed by atoms with E-state index in [0.29, 0.717) is 10.8 Å². The fourth-order valence-corrected chi connectivity index (χ4v) is 1.12. The summed E-state index contributed by atoms with van der Waals surface area (Å²) >= 11 is 0. The van der Waals surface area contributed by atoms with Gasteiger partial charge < -0.3 is 10.4 Å². The largest absolute Gasteiger partial charge is 0.483 e. The monoisotopic (exact) mass is 275 g/mol. The van der Waals surface area contributed by atoms with Crippen LogP contribution in [0.15, 0.2) is 0 Å². The Bertz CT molecular complexity index is 210. The maximum atomic E-state index is 8.36. The van der Waals surface area contributed by atoms with Gasteiger partial charge in [-0.2, -0.15) is 0 Å². The van der Waals surface area contributed by atoms with Crippen LogP contribution in [-0.4, -0.2) is 23.7 Å². The van der Waals surface area contributed by atoms with Gasteiger partial charge in [-0.15, -0.1) is 0 Å². The van der Waals surface area contributed by atoms with E-state index in [4.69, 9.17) is 9.90 Å². The minimum Gasteiger partial charge on any atom is -0.483 e. The molecule has 0 aliphatic carbocycles. The second-order valence-electron chi connectivity index (χ2n) is 7.17. The van der Waals surface area contributed by atoms with Gasteiger partial charge >= 0.3 is 0 Å². The van der Waals surface area contributed by atoms with E-state index >= 15 is 0 Å². The zero-order valence-corrected chi connectivity index (χ0v) is 14.8. The Balaban J connectivity index is -0.000000445. The molecule has 0 unspecified atom stereocenters. The molecular formula is C16H37NO2. The summed E-state index contributed by atoms with van der Waals surface area (Å²) in [4.78, 5) is 8.36. The highest BCUT2D eigenvalue weighted by molar-refractivity contribution is 5.32. The fraction of sp³-hybridized carbons (Fsp3) is 0.938. The predicted molar refractivity (Wildman–Crippen MR) is 85.6 cm³/mol. The third-order valence-corrected chi connectivity index (χ3v) is 3.44. The van der Waals surface area contributed by atoms with Gasteiger partial charge in [0.25, 0.3) is 6.47 Å². The molecule has 0 aromatic carbocycles. The Morgan fingerprint density at radius 1 is 0.947 bits per heavy atom. The van der Waals surface area contributed by atoms with Gasteiger partial charge in [-0.1, -0.05) is 48.5 Å². The van der Waals surface area contributed by atoms with Crippen molar-refractivity contribution >= 4 is 6.47 Å². The standard InChI is InChI=1S/C13H29N.C2H6.CH2O2/c1-11(2,3)13(7,8)9-10-14-12(4,5)6;1-2;2-1-3/h14H,9-10H2,1-8H3;1-2H3;1H,(H,2,3). The predicted octanol–water partition coefficient (Wildman–Crippen LogP) is 4.56. The lowest BCUT2D eigenvalue weighted by Gasteiger charge is -2.39. The fourth-order valence-electron chi connectivity index (χ4n) is 1.12. The molecular weight excluding hydrogens is 238 g/mol. The number of carbonyl (C=O) groups is 1. The Kier molecular flexibility index (Phi) is 12.7. The first-order chi connectivity index (χ1) is 8.37. The minimum atomic E-state index is -0.250. The van der Waals surface area contributed by atoms with Crippen molar-refractivity contribution in [2.24, 2.45) is 10.8 Å². The molecule has 0 aromatic rings. The zero-order chi connectivity index (χ0) is 16.3. The molecule has 0 aromatic heterocycles. The molecule has 0 heterocycles. The molecule has 3 heteroatoms. The van der Waals surface area contributed by atoms with Gasteiger partial charge in [-0.05, 0) is 44.6 Å². The molecule has 0 saturated carbocycles. The van der Waals surface area contributed by atoms with Crippen molar-refractivity contribution in [3.63, 3.8) is 0 Å². The van der Waals surface area contributed by atoms with Gasteiger partial charge in [0.1, 0.15) is 0 Å². The average Bonchev–Trinajstić information content (AvgIpc) is 2.17. The summed E-state index contributed by atoms with van der Waals surface area (Å²) in [5.74, 6) is 0. The summed E-state index contributed by atoms with van der Waals surface area (Å²) in [5, 5.41) is 10.4. The molecule has 2 N–H and O–H groups in total. The van der Waals surface area contributed by atoms with E-state index in [0.717, 1.165) is 6.54 Å². The molecule has 0 aliphatic rings. The Hall–Kier alpha value is -0.570. The first kappa shape index (κ1) is 23.5. The second-order valence-corrected chi connectivity index (χ2v) is 7.17. The van der Waals surface area contributed by atoms with Crippen molar-refractivity contribution in [3.8, 4) is 0 Å². The Labute approximate surface area is 121 Å². The lowest BCUT2D eigenvalue weighted by Crippen LogP contribution is -2.40. The van der Waals surface area contributed by atoms with Crippen LogP contribution in [0, 0.1) is 10.8 Å². The lowest BCUT2D eigenvalue weighted by molar-refractivity contribution is -0.122. The normalized spacial score (nSPS) is 11.7. The summed E-state index contributed by atoms with van der Waals surface area (Å²) in [6, 6.07) is 0. The molecule has 3 nitrogen and oxygen atoms in total. The maximum absolute atomic E-state index is 8.36. The van der Waals surface area contributed by atoms with E-state index in [1.54, 1.807) is 0 Å². The highest BCUT2D eigenvalue weighted by Crippen LogP contribution is 2.40. The maximum Gasteiger partial charge on any atom is 0.290 e. The summed E-state index contributed by atoms with van der Waals surface area (Å²) in [6.07, 6.45) is 1.23. The van der Waals surface area contributed by atoms with Crippen molar-refractivity contribution in [1.29, 1.82) is 0 Å². The third kappa shape index (κ3) is 15.4. The lowest BCUT2D eigenvalue weighted by atomic mass is 9.67. The van der Waals surface area contributed by atoms with E-state index in [-0.39, 0.29) is 12.0 Å². The van der Waals surface area contributed by atoms with E-state index in [1.807, 2.05) is 13.8 Å². The number of nitrogens with one attached hydrogen (secondary N) is 1. The smallest absolute Gasteiger partial charge is 0.290 e. The van der Waals surface area contributed by atoms with E-state index in [1.165, 1.54) is 6.42 Å². The average molecular weight is 275 g/mol. The van der Waals surface area contributed by atoms with Crippen molar-refractivity contribution in [3.05, 3.63) is 0 Å². The van der Waals surface area contributed by atoms with Crippen LogP contribution in [0.25, 0.3) is 0 Å². The summed E-state index contributed by atoms with van der Waals surface area (Å²) in [5.41, 5.74) is 1.02. The molecule has 0 fully saturated rings. The zero-order valence-electron chi connectivity index (χ0n) is 14.8. The van der Waals surface area contributed by atoms with Crippen molar-refractivity contribution < 1.29 is 9.90 Å². The summed E-state index contributed by atoms with van der Waals surface area (Å²) in [7, 11) is 0. The second kappa shape index (κ2) is 10.2. The van der Waals surface area contributed by atoms with Crippen molar-refractivity contribution in [1.82, 2.24) is 5.32 Å². The van der Waals surface area contributed by atoms with Crippen LogP contribution in [0.1, 0.15) is 75.7 Å². The van der Waals surface area contributed by atoms with Gasteiger partial charge in [0, 0.05) is 5.54 Å². The topological polar surface area (TPSA) is 49.3 Å². The molecule has 0 saturated heterocycles.